The fourth-order valence-electron chi connectivity index (χ4n) is 8.42. The molecule has 0 aliphatic heterocycles. The highest BCUT2D eigenvalue weighted by Gasteiger charge is 2.15. The summed E-state index contributed by atoms with van der Waals surface area (Å²) >= 11 is 0. The molecule has 0 amide bonds. The van der Waals surface area contributed by atoms with Crippen LogP contribution in [0.25, 0.3) is 99.1 Å². The van der Waals surface area contributed by atoms with Gasteiger partial charge in [0.25, 0.3) is 0 Å². The average molecular weight is 745 g/mol. The minimum Gasteiger partial charge on any atom is -0.497 e. The first kappa shape index (κ1) is 35.0. The summed E-state index contributed by atoms with van der Waals surface area (Å²) in [5.41, 5.74) is 14.0. The van der Waals surface area contributed by atoms with Crippen LogP contribution in [0.4, 0.5) is 0 Å². The summed E-state index contributed by atoms with van der Waals surface area (Å²) in [6.07, 6.45) is 0. The van der Waals surface area contributed by atoms with Crippen molar-refractivity contribution in [3.05, 3.63) is 206 Å². The summed E-state index contributed by atoms with van der Waals surface area (Å²) in [7, 11) is 3.45. The van der Waals surface area contributed by atoms with Crippen LogP contribution in [-0.2, 0) is 0 Å². The first-order valence-electron chi connectivity index (χ1n) is 19.7. The van der Waals surface area contributed by atoms with Crippen LogP contribution in [0.2, 0.25) is 0 Å². The molecule has 0 N–H and O–H groups in total. The summed E-state index contributed by atoms with van der Waals surface area (Å²) in [4.78, 5) is 0. The van der Waals surface area contributed by atoms with Crippen LogP contribution in [0.5, 0.6) is 11.5 Å². The van der Waals surface area contributed by atoms with Crippen molar-refractivity contribution in [1.82, 2.24) is 0 Å². The Morgan fingerprint density at radius 1 is 0.207 bits per heavy atom. The molecule has 2 heteroatoms. The predicted octanol–water partition coefficient (Wildman–Crippen LogP) is 15.2. The van der Waals surface area contributed by atoms with Gasteiger partial charge in [-0.2, -0.15) is 0 Å². The second kappa shape index (κ2) is 14.9. The van der Waals surface area contributed by atoms with Crippen molar-refractivity contribution in [3.8, 4) is 78.3 Å². The Labute approximate surface area is 339 Å². The molecule has 0 unspecified atom stereocenters. The topological polar surface area (TPSA) is 18.5 Å². The molecule has 10 aromatic carbocycles. The monoisotopic (exact) mass is 744 g/mol. The largest absolute Gasteiger partial charge is 0.497 e. The highest BCUT2D eigenvalue weighted by atomic mass is 16.5. The van der Waals surface area contributed by atoms with Crippen molar-refractivity contribution in [2.45, 2.75) is 0 Å². The second-order valence-corrected chi connectivity index (χ2v) is 14.9. The maximum Gasteiger partial charge on any atom is 0.120 e. The molecule has 276 valence electrons. The molecule has 0 fully saturated rings. The van der Waals surface area contributed by atoms with Crippen molar-refractivity contribution in [2.75, 3.05) is 14.2 Å². The Morgan fingerprint density at radius 3 is 1.03 bits per heavy atom. The van der Waals surface area contributed by atoms with E-state index in [-0.39, 0.29) is 0 Å². The minimum atomic E-state index is 0.833. The molecule has 10 aromatic rings. The number of fused-ring (bicyclic) bond motifs is 6. The van der Waals surface area contributed by atoms with E-state index in [2.05, 4.69) is 194 Å². The van der Waals surface area contributed by atoms with Crippen molar-refractivity contribution in [3.63, 3.8) is 0 Å². The van der Waals surface area contributed by atoms with E-state index >= 15 is 0 Å². The number of hydrogen-bond donors (Lipinski definition) is 0. The average Bonchev–Trinajstić information content (AvgIpc) is 3.31. The van der Waals surface area contributed by atoms with Crippen molar-refractivity contribution in [2.24, 2.45) is 0 Å². The third-order valence-electron chi connectivity index (χ3n) is 11.4. The molecular formula is C56H40O2. The van der Waals surface area contributed by atoms with E-state index in [0.717, 1.165) is 39.3 Å². The fourth-order valence-corrected chi connectivity index (χ4v) is 8.42. The lowest BCUT2D eigenvalue weighted by atomic mass is 9.89. The summed E-state index contributed by atoms with van der Waals surface area (Å²) in [6.45, 7) is 0. The van der Waals surface area contributed by atoms with Crippen LogP contribution in [0.15, 0.2) is 206 Å². The lowest BCUT2D eigenvalue weighted by Gasteiger charge is -2.16. The summed E-state index contributed by atoms with van der Waals surface area (Å²) in [5.74, 6) is 1.68. The van der Waals surface area contributed by atoms with E-state index in [4.69, 9.17) is 9.47 Å². The third kappa shape index (κ3) is 6.55. The summed E-state index contributed by atoms with van der Waals surface area (Å²) in [6, 6.07) is 74.4. The SMILES string of the molecule is COc1ccc(-c2cc(-c3ccccc3)cc(-c3ccc4c5ccc(-c6cc(OC)cc(-c7cccc(-c8ccccc8)c7)c6)cc5c5ccccc5c4c3)c2)cc1. The van der Waals surface area contributed by atoms with Gasteiger partial charge in [-0.25, -0.2) is 0 Å². The molecule has 0 heterocycles. The lowest BCUT2D eigenvalue weighted by molar-refractivity contribution is 0.415. The van der Waals surface area contributed by atoms with Crippen molar-refractivity contribution >= 4 is 32.3 Å². The molecule has 0 radical (unpaired) electrons. The fraction of sp³-hybridized carbons (Fsp3) is 0.0357. The molecule has 0 saturated carbocycles. The number of ether oxygens (including phenoxy) is 2. The zero-order valence-electron chi connectivity index (χ0n) is 32.4. The van der Waals surface area contributed by atoms with Crippen LogP contribution in [-0.4, -0.2) is 14.2 Å². The number of hydrogen-bond acceptors (Lipinski definition) is 2. The van der Waals surface area contributed by atoms with Gasteiger partial charge in [0.1, 0.15) is 11.5 Å². The Morgan fingerprint density at radius 2 is 0.534 bits per heavy atom. The Kier molecular flexibility index (Phi) is 9.01. The van der Waals surface area contributed by atoms with Crippen molar-refractivity contribution < 1.29 is 9.47 Å². The van der Waals surface area contributed by atoms with Crippen LogP contribution in [0.1, 0.15) is 0 Å². The molecule has 58 heavy (non-hydrogen) atoms. The second-order valence-electron chi connectivity index (χ2n) is 14.9. The molecule has 2 nitrogen and oxygen atoms in total. The Balaban J connectivity index is 1.10. The van der Waals surface area contributed by atoms with Gasteiger partial charge in [0.2, 0.25) is 0 Å². The smallest absolute Gasteiger partial charge is 0.120 e. The molecule has 10 rings (SSSR count). The molecule has 0 aliphatic rings. The quantitative estimate of drug-likeness (QED) is 0.144. The molecular weight excluding hydrogens is 705 g/mol. The first-order chi connectivity index (χ1) is 28.6. The van der Waals surface area contributed by atoms with E-state index in [1.165, 1.54) is 71.3 Å². The molecule has 0 bridgehead atoms. The lowest BCUT2D eigenvalue weighted by Crippen LogP contribution is -1.90. The maximum atomic E-state index is 5.89. The maximum absolute atomic E-state index is 5.89. The van der Waals surface area contributed by atoms with Gasteiger partial charge in [-0.15, -0.1) is 0 Å². The Bertz CT molecular complexity index is 3090. The van der Waals surface area contributed by atoms with E-state index in [1.54, 1.807) is 14.2 Å². The van der Waals surface area contributed by atoms with E-state index < -0.39 is 0 Å². The molecule has 0 aromatic heterocycles. The first-order valence-corrected chi connectivity index (χ1v) is 19.7. The highest BCUT2D eigenvalue weighted by Crippen LogP contribution is 2.41. The molecule has 0 aliphatic carbocycles. The third-order valence-corrected chi connectivity index (χ3v) is 11.4. The van der Waals surface area contributed by atoms with Gasteiger partial charge in [-0.05, 0) is 166 Å². The van der Waals surface area contributed by atoms with Gasteiger partial charge in [0.15, 0.2) is 0 Å². The van der Waals surface area contributed by atoms with E-state index in [0.29, 0.717) is 0 Å². The van der Waals surface area contributed by atoms with E-state index in [1.807, 2.05) is 12.1 Å². The van der Waals surface area contributed by atoms with Gasteiger partial charge in [-0.1, -0.05) is 140 Å². The van der Waals surface area contributed by atoms with Crippen molar-refractivity contribution in [1.29, 1.82) is 0 Å². The van der Waals surface area contributed by atoms with Gasteiger partial charge in [0.05, 0.1) is 14.2 Å². The normalized spacial score (nSPS) is 11.3. The van der Waals surface area contributed by atoms with Crippen LogP contribution in [0, 0.1) is 0 Å². The van der Waals surface area contributed by atoms with Crippen LogP contribution < -0.4 is 9.47 Å². The zero-order chi connectivity index (χ0) is 39.0. The van der Waals surface area contributed by atoms with Crippen LogP contribution >= 0.6 is 0 Å². The number of benzene rings is 10. The zero-order valence-corrected chi connectivity index (χ0v) is 32.4. The summed E-state index contributed by atoms with van der Waals surface area (Å²) < 4.78 is 11.4. The van der Waals surface area contributed by atoms with E-state index in [9.17, 15) is 0 Å². The van der Waals surface area contributed by atoms with Gasteiger partial charge in [-0.3, -0.25) is 0 Å². The molecule has 0 saturated heterocycles. The standard InChI is InChI=1S/C56H40O2/c1-57-49-24-20-39(21-25-49)45-29-44(38-14-7-4-8-15-38)30-46(31-45)42-22-26-53-54-27-23-43(36-56(54)52-19-10-9-18-51(52)55(53)35-42)48-32-47(33-50(34-48)58-2)41-17-11-16-40(28-41)37-12-5-3-6-13-37/h3-36H,1-2H3. The van der Waals surface area contributed by atoms with Gasteiger partial charge in [0, 0.05) is 0 Å². The highest BCUT2D eigenvalue weighted by molar-refractivity contribution is 6.26. The molecule has 0 atom stereocenters. The molecule has 0 spiro atoms. The van der Waals surface area contributed by atoms with Crippen LogP contribution in [0.3, 0.4) is 0 Å². The van der Waals surface area contributed by atoms with Gasteiger partial charge < -0.3 is 9.47 Å². The number of methoxy groups -OCH3 is 2. The minimum absolute atomic E-state index is 0.833. The Hall–Kier alpha value is -7.42. The summed E-state index contributed by atoms with van der Waals surface area (Å²) in [5, 5.41) is 7.42. The van der Waals surface area contributed by atoms with Gasteiger partial charge >= 0.3 is 0 Å². The number of rotatable bonds is 8. The predicted molar refractivity (Wildman–Crippen MR) is 245 cm³/mol.